The second-order valence-corrected chi connectivity index (χ2v) is 7.05. The van der Waals surface area contributed by atoms with Crippen LogP contribution in [0.5, 0.6) is 5.75 Å². The van der Waals surface area contributed by atoms with Gasteiger partial charge in [-0.15, -0.1) is 0 Å². The van der Waals surface area contributed by atoms with Crippen LogP contribution in [0.4, 0.5) is 5.69 Å². The van der Waals surface area contributed by atoms with Crippen LogP contribution in [0.3, 0.4) is 0 Å². The first kappa shape index (κ1) is 19.8. The highest BCUT2D eigenvalue weighted by atomic mass is 79.9. The average Bonchev–Trinajstić information content (AvgIpc) is 2.56. The van der Waals surface area contributed by atoms with Crippen molar-refractivity contribution in [2.45, 2.75) is 6.92 Å². The fraction of sp³-hybridized carbons (Fsp3) is 0.167. The molecule has 2 aromatic carbocycles. The maximum atomic E-state index is 12.3. The molecule has 132 valence electrons. The van der Waals surface area contributed by atoms with Gasteiger partial charge >= 0.3 is 5.97 Å². The number of ether oxygens (including phenoxy) is 2. The number of hydrogen-bond donors (Lipinski definition) is 1. The molecular formula is C18H16Br2ClNO3. The zero-order chi connectivity index (χ0) is 18.4. The molecule has 0 fully saturated rings. The molecule has 0 bridgehead atoms. The second-order valence-electron chi connectivity index (χ2n) is 4.90. The fourth-order valence-electron chi connectivity index (χ4n) is 2.09. The van der Waals surface area contributed by atoms with Crippen molar-refractivity contribution < 1.29 is 14.3 Å². The SMILES string of the molecule is CCOC(=O)/C(=C/Nc1cc(Br)c(OC)c(Br)c1)c1ccc(Cl)cc1. The predicted molar refractivity (Wildman–Crippen MR) is 108 cm³/mol. The van der Waals surface area contributed by atoms with Gasteiger partial charge in [-0.25, -0.2) is 4.79 Å². The van der Waals surface area contributed by atoms with Gasteiger partial charge in [0.2, 0.25) is 0 Å². The molecular weight excluding hydrogens is 473 g/mol. The van der Waals surface area contributed by atoms with Crippen LogP contribution in [0.2, 0.25) is 5.02 Å². The molecule has 0 amide bonds. The summed E-state index contributed by atoms with van der Waals surface area (Å²) in [4.78, 5) is 12.3. The monoisotopic (exact) mass is 487 g/mol. The number of anilines is 1. The summed E-state index contributed by atoms with van der Waals surface area (Å²) in [7, 11) is 1.59. The third-order valence-corrected chi connectivity index (χ3v) is 4.67. The molecule has 0 aromatic heterocycles. The van der Waals surface area contributed by atoms with E-state index in [0.29, 0.717) is 28.5 Å². The number of rotatable bonds is 6. The van der Waals surface area contributed by atoms with Crippen LogP contribution in [0, 0.1) is 0 Å². The minimum Gasteiger partial charge on any atom is -0.494 e. The Bertz CT molecular complexity index is 768. The van der Waals surface area contributed by atoms with E-state index in [0.717, 1.165) is 14.6 Å². The first-order valence-electron chi connectivity index (χ1n) is 7.39. The topological polar surface area (TPSA) is 47.6 Å². The molecule has 2 aromatic rings. The van der Waals surface area contributed by atoms with Crippen LogP contribution in [0.25, 0.3) is 5.57 Å². The summed E-state index contributed by atoms with van der Waals surface area (Å²) in [5.41, 5.74) is 1.89. The molecule has 0 unspecified atom stereocenters. The van der Waals surface area contributed by atoms with Crippen molar-refractivity contribution in [2.75, 3.05) is 19.0 Å². The summed E-state index contributed by atoms with van der Waals surface area (Å²) in [5, 5.41) is 3.72. The molecule has 4 nitrogen and oxygen atoms in total. The van der Waals surface area contributed by atoms with Gasteiger partial charge in [-0.3, -0.25) is 0 Å². The van der Waals surface area contributed by atoms with Gasteiger partial charge in [0.25, 0.3) is 0 Å². The second kappa shape index (κ2) is 9.27. The fourth-order valence-corrected chi connectivity index (χ4v) is 3.73. The molecule has 2 rings (SSSR count). The smallest absolute Gasteiger partial charge is 0.340 e. The van der Waals surface area contributed by atoms with Crippen LogP contribution in [0.1, 0.15) is 12.5 Å². The number of carbonyl (C=O) groups is 1. The van der Waals surface area contributed by atoms with E-state index in [2.05, 4.69) is 37.2 Å². The number of benzene rings is 2. The van der Waals surface area contributed by atoms with Crippen molar-refractivity contribution in [3.05, 3.63) is 62.1 Å². The largest absolute Gasteiger partial charge is 0.494 e. The molecule has 25 heavy (non-hydrogen) atoms. The van der Waals surface area contributed by atoms with Crippen LogP contribution in [0.15, 0.2) is 51.5 Å². The lowest BCUT2D eigenvalue weighted by Gasteiger charge is -2.11. The van der Waals surface area contributed by atoms with Gasteiger partial charge in [-0.1, -0.05) is 23.7 Å². The molecule has 0 aliphatic carbocycles. The number of nitrogens with one attached hydrogen (secondary N) is 1. The van der Waals surface area contributed by atoms with Gasteiger partial charge < -0.3 is 14.8 Å². The summed E-state index contributed by atoms with van der Waals surface area (Å²) >= 11 is 12.8. The first-order chi connectivity index (χ1) is 12.0. The maximum absolute atomic E-state index is 12.3. The van der Waals surface area contributed by atoms with E-state index in [4.69, 9.17) is 21.1 Å². The van der Waals surface area contributed by atoms with E-state index in [-0.39, 0.29) is 0 Å². The normalized spacial score (nSPS) is 11.2. The lowest BCUT2D eigenvalue weighted by molar-refractivity contribution is -0.136. The van der Waals surface area contributed by atoms with Crippen LogP contribution in [-0.2, 0) is 9.53 Å². The Morgan fingerprint density at radius 3 is 2.32 bits per heavy atom. The highest BCUT2D eigenvalue weighted by Gasteiger charge is 2.14. The summed E-state index contributed by atoms with van der Waals surface area (Å²) in [6.45, 7) is 2.06. The lowest BCUT2D eigenvalue weighted by Crippen LogP contribution is -2.08. The number of carbonyl (C=O) groups excluding carboxylic acids is 1. The number of halogens is 3. The van der Waals surface area contributed by atoms with E-state index < -0.39 is 5.97 Å². The number of methoxy groups -OCH3 is 1. The van der Waals surface area contributed by atoms with Crippen molar-refractivity contribution in [3.8, 4) is 5.75 Å². The number of esters is 1. The third kappa shape index (κ3) is 5.23. The summed E-state index contributed by atoms with van der Waals surface area (Å²) in [6, 6.07) is 10.7. The Morgan fingerprint density at radius 1 is 1.20 bits per heavy atom. The van der Waals surface area contributed by atoms with Gasteiger partial charge in [0, 0.05) is 16.9 Å². The van der Waals surface area contributed by atoms with Crippen LogP contribution in [-0.4, -0.2) is 19.7 Å². The van der Waals surface area contributed by atoms with E-state index in [1.54, 1.807) is 44.5 Å². The van der Waals surface area contributed by atoms with Crippen LogP contribution >= 0.6 is 43.5 Å². The summed E-state index contributed by atoms with van der Waals surface area (Å²) in [6.07, 6.45) is 1.61. The van der Waals surface area contributed by atoms with Gasteiger partial charge in [-0.05, 0) is 68.6 Å². The van der Waals surface area contributed by atoms with E-state index in [1.807, 2.05) is 12.1 Å². The molecule has 0 aliphatic rings. The zero-order valence-corrected chi connectivity index (χ0v) is 17.5. The van der Waals surface area contributed by atoms with Crippen molar-refractivity contribution in [3.63, 3.8) is 0 Å². The Balaban J connectivity index is 2.34. The average molecular weight is 490 g/mol. The molecule has 1 N–H and O–H groups in total. The van der Waals surface area contributed by atoms with E-state index in [9.17, 15) is 4.79 Å². The minimum atomic E-state index is -0.413. The molecule has 0 spiro atoms. The highest BCUT2D eigenvalue weighted by molar-refractivity contribution is 9.11. The van der Waals surface area contributed by atoms with Crippen molar-refractivity contribution in [2.24, 2.45) is 0 Å². The Labute approximate surface area is 168 Å². The molecule has 7 heteroatoms. The first-order valence-corrected chi connectivity index (χ1v) is 9.35. The molecule has 0 saturated heterocycles. The van der Waals surface area contributed by atoms with Crippen molar-refractivity contribution in [1.29, 1.82) is 0 Å². The van der Waals surface area contributed by atoms with Crippen LogP contribution < -0.4 is 10.1 Å². The third-order valence-electron chi connectivity index (χ3n) is 3.24. The Morgan fingerprint density at radius 2 is 1.80 bits per heavy atom. The van der Waals surface area contributed by atoms with E-state index >= 15 is 0 Å². The summed E-state index contributed by atoms with van der Waals surface area (Å²) in [5.74, 6) is 0.279. The molecule has 0 saturated carbocycles. The molecule has 0 radical (unpaired) electrons. The molecule has 0 aliphatic heterocycles. The van der Waals surface area contributed by atoms with Gasteiger partial charge in [0.05, 0.1) is 28.2 Å². The minimum absolute atomic E-state index is 0.295. The number of hydrogen-bond acceptors (Lipinski definition) is 4. The summed E-state index contributed by atoms with van der Waals surface area (Å²) < 4.78 is 12.0. The van der Waals surface area contributed by atoms with E-state index in [1.165, 1.54) is 0 Å². The van der Waals surface area contributed by atoms with Gasteiger partial charge in [0.15, 0.2) is 0 Å². The Hall–Kier alpha value is -1.50. The quantitative estimate of drug-likeness (QED) is 0.406. The van der Waals surface area contributed by atoms with Gasteiger partial charge in [0.1, 0.15) is 5.75 Å². The Kier molecular flexibility index (Phi) is 7.35. The van der Waals surface area contributed by atoms with Crippen molar-refractivity contribution >= 4 is 60.7 Å². The highest BCUT2D eigenvalue weighted by Crippen LogP contribution is 2.36. The molecule has 0 atom stereocenters. The standard InChI is InChI=1S/C18H16Br2ClNO3/c1-3-25-18(23)14(11-4-6-12(21)7-5-11)10-22-13-8-15(19)17(24-2)16(20)9-13/h4-10,22H,3H2,1-2H3/b14-10+. The maximum Gasteiger partial charge on any atom is 0.340 e. The van der Waals surface area contributed by atoms with Gasteiger partial charge in [-0.2, -0.15) is 0 Å². The molecule has 0 heterocycles. The predicted octanol–water partition coefficient (Wildman–Crippen LogP) is 5.89. The lowest BCUT2D eigenvalue weighted by atomic mass is 10.1. The van der Waals surface area contributed by atoms with Crippen molar-refractivity contribution in [1.82, 2.24) is 0 Å². The zero-order valence-electron chi connectivity index (χ0n) is 13.6.